The van der Waals surface area contributed by atoms with Gasteiger partial charge in [-0.15, -0.1) is 0 Å². The Labute approximate surface area is 119 Å². The van der Waals surface area contributed by atoms with Crippen LogP contribution in [0.3, 0.4) is 0 Å². The Hall–Kier alpha value is -1.33. The minimum atomic E-state index is 0.576. The van der Waals surface area contributed by atoms with Gasteiger partial charge in [0.1, 0.15) is 5.82 Å². The van der Waals surface area contributed by atoms with Gasteiger partial charge in [-0.2, -0.15) is 4.98 Å². The third-order valence-electron chi connectivity index (χ3n) is 2.32. The number of nitrogens with one attached hydrogen (secondary N) is 2. The molecule has 0 saturated carbocycles. The lowest BCUT2D eigenvalue weighted by Gasteiger charge is -2.09. The first-order chi connectivity index (χ1) is 8.69. The van der Waals surface area contributed by atoms with E-state index in [9.17, 15) is 0 Å². The van der Waals surface area contributed by atoms with Crippen molar-refractivity contribution in [1.29, 1.82) is 0 Å². The standard InChI is InChI=1S/C12H12BrClN4/c1-15-12-17-7-10(13)11(18-12)16-6-8-3-2-4-9(14)5-8/h2-5,7H,6H2,1H3,(H2,15,16,17,18). The molecule has 0 spiro atoms. The predicted octanol–water partition coefficient (Wildman–Crippen LogP) is 3.55. The molecule has 0 saturated heterocycles. The summed E-state index contributed by atoms with van der Waals surface area (Å²) in [7, 11) is 1.78. The highest BCUT2D eigenvalue weighted by Crippen LogP contribution is 2.21. The highest BCUT2D eigenvalue weighted by Gasteiger charge is 2.04. The summed E-state index contributed by atoms with van der Waals surface area (Å²) in [6.07, 6.45) is 1.71. The molecular weight excluding hydrogens is 316 g/mol. The van der Waals surface area contributed by atoms with Crippen molar-refractivity contribution >= 4 is 39.3 Å². The van der Waals surface area contributed by atoms with Gasteiger partial charge in [-0.05, 0) is 33.6 Å². The molecule has 1 aromatic carbocycles. The molecule has 18 heavy (non-hydrogen) atoms. The highest BCUT2D eigenvalue weighted by molar-refractivity contribution is 9.10. The molecule has 2 N–H and O–H groups in total. The average Bonchev–Trinajstić information content (AvgIpc) is 2.38. The van der Waals surface area contributed by atoms with Gasteiger partial charge in [0.2, 0.25) is 5.95 Å². The van der Waals surface area contributed by atoms with Crippen LogP contribution in [-0.4, -0.2) is 17.0 Å². The fourth-order valence-electron chi connectivity index (χ4n) is 1.44. The first-order valence-electron chi connectivity index (χ1n) is 5.37. The van der Waals surface area contributed by atoms with Crippen LogP contribution in [0, 0.1) is 0 Å². The van der Waals surface area contributed by atoms with Gasteiger partial charge in [0.15, 0.2) is 0 Å². The lowest BCUT2D eigenvalue weighted by Crippen LogP contribution is -2.05. The first kappa shape index (κ1) is 13.1. The van der Waals surface area contributed by atoms with Crippen LogP contribution in [-0.2, 0) is 6.54 Å². The van der Waals surface area contributed by atoms with Crippen LogP contribution in [0.15, 0.2) is 34.9 Å². The quantitative estimate of drug-likeness (QED) is 0.902. The molecule has 0 bridgehead atoms. The number of benzene rings is 1. The fraction of sp³-hybridized carbons (Fsp3) is 0.167. The summed E-state index contributed by atoms with van der Waals surface area (Å²) in [6.45, 7) is 0.652. The maximum atomic E-state index is 5.93. The average molecular weight is 328 g/mol. The molecule has 0 aliphatic heterocycles. The minimum absolute atomic E-state index is 0.576. The van der Waals surface area contributed by atoms with E-state index in [1.165, 1.54) is 0 Å². The lowest BCUT2D eigenvalue weighted by atomic mass is 10.2. The number of hydrogen-bond acceptors (Lipinski definition) is 4. The van der Waals surface area contributed by atoms with Crippen molar-refractivity contribution in [3.05, 3.63) is 45.5 Å². The zero-order valence-corrected chi connectivity index (χ0v) is 12.1. The predicted molar refractivity (Wildman–Crippen MR) is 78.1 cm³/mol. The second kappa shape index (κ2) is 6.02. The normalized spacial score (nSPS) is 10.2. The van der Waals surface area contributed by atoms with Crippen molar-refractivity contribution in [2.24, 2.45) is 0 Å². The summed E-state index contributed by atoms with van der Waals surface area (Å²) in [5.41, 5.74) is 1.10. The van der Waals surface area contributed by atoms with Crippen LogP contribution in [0.5, 0.6) is 0 Å². The minimum Gasteiger partial charge on any atom is -0.365 e. The highest BCUT2D eigenvalue weighted by atomic mass is 79.9. The molecule has 0 atom stereocenters. The maximum Gasteiger partial charge on any atom is 0.224 e. The molecule has 1 aromatic heterocycles. The third kappa shape index (κ3) is 3.34. The number of aromatic nitrogens is 2. The van der Waals surface area contributed by atoms with Crippen molar-refractivity contribution in [3.8, 4) is 0 Å². The molecule has 2 aromatic rings. The monoisotopic (exact) mass is 326 g/mol. The summed E-state index contributed by atoms with van der Waals surface area (Å²) < 4.78 is 0.823. The van der Waals surface area contributed by atoms with Crippen LogP contribution in [0.1, 0.15) is 5.56 Å². The number of nitrogens with zero attached hydrogens (tertiary/aromatic N) is 2. The fourth-order valence-corrected chi connectivity index (χ4v) is 1.99. The van der Waals surface area contributed by atoms with E-state index < -0.39 is 0 Å². The summed E-state index contributed by atoms with van der Waals surface area (Å²) >= 11 is 9.34. The second-order valence-corrected chi connectivity index (χ2v) is 4.91. The Kier molecular flexibility index (Phi) is 4.38. The lowest BCUT2D eigenvalue weighted by molar-refractivity contribution is 1.07. The molecule has 0 aliphatic carbocycles. The van der Waals surface area contributed by atoms with E-state index in [4.69, 9.17) is 11.6 Å². The van der Waals surface area contributed by atoms with E-state index in [1.54, 1.807) is 13.2 Å². The van der Waals surface area contributed by atoms with Crippen LogP contribution in [0.2, 0.25) is 5.02 Å². The first-order valence-corrected chi connectivity index (χ1v) is 6.55. The van der Waals surface area contributed by atoms with E-state index >= 15 is 0 Å². The molecule has 0 unspecified atom stereocenters. The molecule has 0 radical (unpaired) electrons. The Balaban J connectivity index is 2.10. The van der Waals surface area contributed by atoms with Crippen molar-refractivity contribution in [3.63, 3.8) is 0 Å². The van der Waals surface area contributed by atoms with Crippen LogP contribution in [0.4, 0.5) is 11.8 Å². The molecule has 0 aliphatic rings. The van der Waals surface area contributed by atoms with Crippen molar-refractivity contribution in [2.45, 2.75) is 6.54 Å². The van der Waals surface area contributed by atoms with E-state index in [0.29, 0.717) is 12.5 Å². The van der Waals surface area contributed by atoms with Crippen molar-refractivity contribution in [2.75, 3.05) is 17.7 Å². The van der Waals surface area contributed by atoms with Gasteiger partial charge in [0.25, 0.3) is 0 Å². The Morgan fingerprint density at radius 3 is 2.94 bits per heavy atom. The molecular formula is C12H12BrClN4. The molecule has 94 valence electrons. The molecule has 1 heterocycles. The van der Waals surface area contributed by atoms with Gasteiger partial charge >= 0.3 is 0 Å². The Bertz CT molecular complexity index is 547. The van der Waals surface area contributed by atoms with Crippen LogP contribution < -0.4 is 10.6 Å². The SMILES string of the molecule is CNc1ncc(Br)c(NCc2cccc(Cl)c2)n1. The van der Waals surface area contributed by atoms with Crippen LogP contribution in [0.25, 0.3) is 0 Å². The van der Waals surface area contributed by atoms with Gasteiger partial charge in [0, 0.05) is 24.8 Å². The second-order valence-electron chi connectivity index (χ2n) is 3.62. The zero-order valence-electron chi connectivity index (χ0n) is 9.74. The maximum absolute atomic E-state index is 5.93. The van der Waals surface area contributed by atoms with E-state index in [2.05, 4.69) is 36.5 Å². The van der Waals surface area contributed by atoms with Gasteiger partial charge in [-0.25, -0.2) is 4.98 Å². The summed E-state index contributed by atoms with van der Waals surface area (Å²) in [4.78, 5) is 8.41. The molecule has 0 fully saturated rings. The van der Waals surface area contributed by atoms with Gasteiger partial charge in [0.05, 0.1) is 4.47 Å². The summed E-state index contributed by atoms with van der Waals surface area (Å²) in [5.74, 6) is 1.32. The van der Waals surface area contributed by atoms with Crippen LogP contribution >= 0.6 is 27.5 Å². The Morgan fingerprint density at radius 1 is 1.39 bits per heavy atom. The molecule has 4 nitrogen and oxygen atoms in total. The van der Waals surface area contributed by atoms with E-state index in [1.807, 2.05) is 24.3 Å². The number of rotatable bonds is 4. The van der Waals surface area contributed by atoms with E-state index in [-0.39, 0.29) is 0 Å². The van der Waals surface area contributed by atoms with Gasteiger partial charge in [-0.1, -0.05) is 23.7 Å². The number of halogens is 2. The van der Waals surface area contributed by atoms with Gasteiger partial charge < -0.3 is 10.6 Å². The number of anilines is 2. The van der Waals surface area contributed by atoms with Crippen molar-refractivity contribution in [1.82, 2.24) is 9.97 Å². The third-order valence-corrected chi connectivity index (χ3v) is 3.13. The number of hydrogen-bond donors (Lipinski definition) is 2. The summed E-state index contributed by atoms with van der Waals surface area (Å²) in [5, 5.41) is 6.86. The zero-order chi connectivity index (χ0) is 13.0. The Morgan fingerprint density at radius 2 is 2.22 bits per heavy atom. The largest absolute Gasteiger partial charge is 0.365 e. The smallest absolute Gasteiger partial charge is 0.224 e. The van der Waals surface area contributed by atoms with Crippen molar-refractivity contribution < 1.29 is 0 Å². The van der Waals surface area contributed by atoms with Gasteiger partial charge in [-0.3, -0.25) is 0 Å². The molecule has 2 rings (SSSR count). The molecule has 6 heteroatoms. The summed E-state index contributed by atoms with van der Waals surface area (Å²) in [6, 6.07) is 7.70. The molecule has 0 amide bonds. The van der Waals surface area contributed by atoms with E-state index in [0.717, 1.165) is 20.9 Å². The topological polar surface area (TPSA) is 49.8 Å².